The molecule has 1 atom stereocenters. The number of aromatic nitrogens is 4. The van der Waals surface area contributed by atoms with Crippen molar-refractivity contribution < 1.29 is 4.79 Å². The Kier molecular flexibility index (Phi) is 3.34. The minimum Gasteiger partial charge on any atom is -0.347 e. The first kappa shape index (κ1) is 14.0. The normalized spacial score (nSPS) is 19.3. The fourth-order valence-corrected chi connectivity index (χ4v) is 3.05. The zero-order valence-corrected chi connectivity index (χ0v) is 12.9. The van der Waals surface area contributed by atoms with E-state index in [0.717, 1.165) is 24.4 Å². The molecular formula is C16H18N6O. The molecule has 1 fully saturated rings. The Morgan fingerprint density at radius 3 is 3.13 bits per heavy atom. The van der Waals surface area contributed by atoms with E-state index in [1.807, 2.05) is 33.8 Å². The quantitative estimate of drug-likeness (QED) is 0.772. The molecule has 118 valence electrons. The molecule has 0 spiro atoms. The van der Waals surface area contributed by atoms with Crippen LogP contribution in [0.3, 0.4) is 0 Å². The largest absolute Gasteiger partial charge is 0.347 e. The lowest BCUT2D eigenvalue weighted by Crippen LogP contribution is -2.49. The number of H-pyrrole nitrogens is 1. The van der Waals surface area contributed by atoms with Gasteiger partial charge in [-0.05, 0) is 19.2 Å². The van der Waals surface area contributed by atoms with Crippen LogP contribution >= 0.6 is 0 Å². The van der Waals surface area contributed by atoms with Crippen molar-refractivity contribution in [3.63, 3.8) is 0 Å². The van der Waals surface area contributed by atoms with Gasteiger partial charge in [-0.1, -0.05) is 0 Å². The van der Waals surface area contributed by atoms with Gasteiger partial charge in [-0.25, -0.2) is 9.97 Å². The number of pyridine rings is 1. The number of piperazine rings is 1. The van der Waals surface area contributed by atoms with Crippen LogP contribution in [-0.4, -0.2) is 61.7 Å². The average Bonchev–Trinajstić information content (AvgIpc) is 3.25. The van der Waals surface area contributed by atoms with Gasteiger partial charge in [0.05, 0.1) is 24.1 Å². The van der Waals surface area contributed by atoms with E-state index in [9.17, 15) is 4.79 Å². The van der Waals surface area contributed by atoms with Gasteiger partial charge in [-0.3, -0.25) is 9.69 Å². The third kappa shape index (κ3) is 2.49. The Morgan fingerprint density at radius 2 is 2.30 bits per heavy atom. The number of carbonyl (C=O) groups is 1. The van der Waals surface area contributed by atoms with Gasteiger partial charge in [0.25, 0.3) is 5.91 Å². The average molecular weight is 310 g/mol. The van der Waals surface area contributed by atoms with E-state index in [1.165, 1.54) is 0 Å². The zero-order chi connectivity index (χ0) is 15.8. The van der Waals surface area contributed by atoms with Crippen LogP contribution in [0.2, 0.25) is 0 Å². The Bertz CT molecular complexity index is 824. The maximum Gasteiger partial charge on any atom is 0.254 e. The number of fused-ring (bicyclic) bond motifs is 1. The van der Waals surface area contributed by atoms with Crippen molar-refractivity contribution in [3.8, 4) is 0 Å². The Hall–Kier alpha value is -2.67. The van der Waals surface area contributed by atoms with E-state index >= 15 is 0 Å². The summed E-state index contributed by atoms with van der Waals surface area (Å²) in [5.74, 6) is 0.953. The lowest BCUT2D eigenvalue weighted by molar-refractivity contribution is 0.0534. The molecule has 0 aliphatic carbocycles. The number of hydrogen-bond acceptors (Lipinski definition) is 4. The number of carbonyl (C=O) groups excluding carboxylic acids is 1. The van der Waals surface area contributed by atoms with Crippen molar-refractivity contribution in [2.45, 2.75) is 6.04 Å². The first-order chi connectivity index (χ1) is 11.2. The number of likely N-dealkylation sites (N-methyl/N-ethyl adjacent to an activating group) is 1. The van der Waals surface area contributed by atoms with Crippen LogP contribution in [-0.2, 0) is 0 Å². The van der Waals surface area contributed by atoms with Crippen LogP contribution in [0.25, 0.3) is 5.52 Å². The van der Waals surface area contributed by atoms with E-state index in [2.05, 4.69) is 26.9 Å². The minimum atomic E-state index is 0.0540. The van der Waals surface area contributed by atoms with Crippen molar-refractivity contribution in [1.29, 1.82) is 0 Å². The summed E-state index contributed by atoms with van der Waals surface area (Å²) < 4.78 is 1.90. The maximum atomic E-state index is 12.8. The summed E-state index contributed by atoms with van der Waals surface area (Å²) in [5.41, 5.74) is 1.62. The summed E-state index contributed by atoms with van der Waals surface area (Å²) in [6.07, 6.45) is 8.92. The summed E-state index contributed by atoms with van der Waals surface area (Å²) in [6, 6.07) is 3.83. The summed E-state index contributed by atoms with van der Waals surface area (Å²) in [7, 11) is 2.06. The first-order valence-electron chi connectivity index (χ1n) is 7.63. The van der Waals surface area contributed by atoms with Crippen LogP contribution in [0.15, 0.2) is 43.2 Å². The Morgan fingerprint density at radius 1 is 1.39 bits per heavy atom. The predicted octanol–water partition coefficient (Wildman–Crippen LogP) is 1.19. The van der Waals surface area contributed by atoms with Crippen molar-refractivity contribution in [2.24, 2.45) is 0 Å². The second-order valence-electron chi connectivity index (χ2n) is 5.86. The number of amides is 1. The number of nitrogens with zero attached hydrogens (tertiary/aromatic N) is 5. The third-order valence-corrected chi connectivity index (χ3v) is 4.43. The van der Waals surface area contributed by atoms with Gasteiger partial charge in [0.1, 0.15) is 5.82 Å². The standard InChI is InChI=1S/C16H18N6O/c1-20-6-7-21(10-14(20)15-18-3-4-19-15)16(23)12-2-5-22-11-17-9-13(22)8-12/h2-5,8-9,11,14H,6-7,10H2,1H3,(H,18,19)/t14-/m0/s1. The highest BCUT2D eigenvalue weighted by atomic mass is 16.2. The molecule has 4 rings (SSSR count). The van der Waals surface area contributed by atoms with Crippen LogP contribution in [0.5, 0.6) is 0 Å². The number of imidazole rings is 2. The van der Waals surface area contributed by atoms with Crippen LogP contribution in [0.1, 0.15) is 22.2 Å². The first-order valence-corrected chi connectivity index (χ1v) is 7.63. The molecule has 0 radical (unpaired) electrons. The fourth-order valence-electron chi connectivity index (χ4n) is 3.05. The van der Waals surface area contributed by atoms with Crippen molar-refractivity contribution >= 4 is 11.4 Å². The van der Waals surface area contributed by atoms with Crippen molar-refractivity contribution in [1.82, 2.24) is 29.2 Å². The monoisotopic (exact) mass is 310 g/mol. The number of rotatable bonds is 2. The van der Waals surface area contributed by atoms with E-state index in [1.54, 1.807) is 18.7 Å². The molecule has 0 unspecified atom stereocenters. The number of hydrogen-bond donors (Lipinski definition) is 1. The molecule has 1 amide bonds. The van der Waals surface area contributed by atoms with Gasteiger partial charge >= 0.3 is 0 Å². The third-order valence-electron chi connectivity index (χ3n) is 4.43. The second kappa shape index (κ2) is 5.51. The molecule has 23 heavy (non-hydrogen) atoms. The molecule has 1 aliphatic rings. The topological polar surface area (TPSA) is 69.5 Å². The van der Waals surface area contributed by atoms with Crippen LogP contribution in [0.4, 0.5) is 0 Å². The summed E-state index contributed by atoms with van der Waals surface area (Å²) in [5, 5.41) is 0. The fraction of sp³-hybridized carbons (Fsp3) is 0.312. The van der Waals surface area contributed by atoms with E-state index < -0.39 is 0 Å². The molecule has 1 saturated heterocycles. The van der Waals surface area contributed by atoms with Gasteiger partial charge in [0.2, 0.25) is 0 Å². The van der Waals surface area contributed by atoms with Gasteiger partial charge in [-0.15, -0.1) is 0 Å². The number of nitrogens with one attached hydrogen (secondary N) is 1. The predicted molar refractivity (Wildman–Crippen MR) is 85.1 cm³/mol. The minimum absolute atomic E-state index is 0.0540. The van der Waals surface area contributed by atoms with Crippen LogP contribution < -0.4 is 0 Å². The molecule has 4 heterocycles. The lowest BCUT2D eigenvalue weighted by atomic mass is 10.1. The van der Waals surface area contributed by atoms with Gasteiger partial charge in [-0.2, -0.15) is 0 Å². The SMILES string of the molecule is CN1CCN(C(=O)c2ccn3cncc3c2)C[C@H]1c1ncc[nH]1. The molecule has 0 bridgehead atoms. The molecule has 7 heteroatoms. The Labute approximate surface area is 133 Å². The van der Waals surface area contributed by atoms with Crippen molar-refractivity contribution in [3.05, 3.63) is 54.6 Å². The molecular weight excluding hydrogens is 292 g/mol. The van der Waals surface area contributed by atoms with Crippen LogP contribution in [0, 0.1) is 0 Å². The smallest absolute Gasteiger partial charge is 0.254 e. The summed E-state index contributed by atoms with van der Waals surface area (Å²) in [6.45, 7) is 2.18. The molecule has 3 aromatic rings. The van der Waals surface area contributed by atoms with Gasteiger partial charge < -0.3 is 14.3 Å². The molecule has 1 N–H and O–H groups in total. The molecule has 7 nitrogen and oxygen atoms in total. The van der Waals surface area contributed by atoms with Gasteiger partial charge in [0, 0.05) is 43.8 Å². The molecule has 3 aromatic heterocycles. The van der Waals surface area contributed by atoms with E-state index in [0.29, 0.717) is 12.1 Å². The molecule has 0 aromatic carbocycles. The Balaban J connectivity index is 1.58. The summed E-state index contributed by atoms with van der Waals surface area (Å²) in [4.78, 5) is 28.5. The summed E-state index contributed by atoms with van der Waals surface area (Å²) >= 11 is 0. The van der Waals surface area contributed by atoms with E-state index in [4.69, 9.17) is 0 Å². The molecule has 1 aliphatic heterocycles. The lowest BCUT2D eigenvalue weighted by Gasteiger charge is -2.38. The van der Waals surface area contributed by atoms with E-state index in [-0.39, 0.29) is 11.9 Å². The highest BCUT2D eigenvalue weighted by Gasteiger charge is 2.30. The second-order valence-corrected chi connectivity index (χ2v) is 5.86. The maximum absolute atomic E-state index is 12.8. The van der Waals surface area contributed by atoms with Gasteiger partial charge in [0.15, 0.2) is 0 Å². The highest BCUT2D eigenvalue weighted by molar-refractivity contribution is 5.95. The van der Waals surface area contributed by atoms with Crippen molar-refractivity contribution in [2.75, 3.05) is 26.7 Å². The number of aromatic amines is 1. The zero-order valence-electron chi connectivity index (χ0n) is 12.9. The molecule has 0 saturated carbocycles. The highest BCUT2D eigenvalue weighted by Crippen LogP contribution is 2.22.